The van der Waals surface area contributed by atoms with Crippen LogP contribution in [0.1, 0.15) is 63.2 Å². The van der Waals surface area contributed by atoms with Crippen LogP contribution in [-0.4, -0.2) is 25.8 Å². The van der Waals surface area contributed by atoms with Gasteiger partial charge in [-0.2, -0.15) is 0 Å². The van der Waals surface area contributed by atoms with Crippen LogP contribution in [-0.2, 0) is 12.5 Å². The van der Waals surface area contributed by atoms with Crippen LogP contribution in [0.2, 0.25) is 0 Å². The van der Waals surface area contributed by atoms with E-state index >= 15 is 0 Å². The summed E-state index contributed by atoms with van der Waals surface area (Å²) in [5, 5.41) is 16.5. The Hall–Kier alpha value is -1.96. The van der Waals surface area contributed by atoms with Crippen molar-refractivity contribution in [3.8, 4) is 0 Å². The van der Waals surface area contributed by atoms with Gasteiger partial charge in [0.15, 0.2) is 5.82 Å². The number of nitrogens with zero attached hydrogens (tertiary/aromatic N) is 4. The minimum Gasteiger partial charge on any atom is -0.329 e. The monoisotopic (exact) mass is 336 g/mol. The number of aryl methyl sites for hydroxylation is 1. The molecular formula is C15H24N6OS. The molecule has 0 radical (unpaired) electrons. The van der Waals surface area contributed by atoms with Gasteiger partial charge in [0.05, 0.1) is 17.8 Å². The summed E-state index contributed by atoms with van der Waals surface area (Å²) in [4.78, 5) is 16.8. The van der Waals surface area contributed by atoms with Gasteiger partial charge in [-0.15, -0.1) is 21.5 Å². The van der Waals surface area contributed by atoms with Crippen LogP contribution in [0.5, 0.6) is 0 Å². The zero-order valence-corrected chi connectivity index (χ0v) is 15.2. The normalized spacial score (nSPS) is 14.3. The predicted octanol–water partition coefficient (Wildman–Crippen LogP) is 2.69. The molecule has 2 aromatic heterocycles. The molecule has 0 saturated heterocycles. The second-order valence-corrected chi connectivity index (χ2v) is 7.57. The van der Waals surface area contributed by atoms with Crippen LogP contribution >= 0.6 is 11.3 Å². The molecule has 0 spiro atoms. The quantitative estimate of drug-likeness (QED) is 0.899. The first kappa shape index (κ1) is 17.4. The molecule has 23 heavy (non-hydrogen) atoms. The van der Waals surface area contributed by atoms with E-state index in [2.05, 4.69) is 46.6 Å². The lowest BCUT2D eigenvalue weighted by molar-refractivity contribution is 0.234. The Balaban J connectivity index is 1.95. The second-order valence-electron chi connectivity index (χ2n) is 6.68. The molecule has 2 N–H and O–H groups in total. The fourth-order valence-corrected chi connectivity index (χ4v) is 3.13. The molecule has 2 heterocycles. The largest absolute Gasteiger partial charge is 0.329 e. The Morgan fingerprint density at radius 3 is 2.43 bits per heavy atom. The fourth-order valence-electron chi connectivity index (χ4n) is 2.08. The second kappa shape index (κ2) is 6.66. The molecular weight excluding hydrogens is 312 g/mol. The van der Waals surface area contributed by atoms with Gasteiger partial charge in [0.1, 0.15) is 11.3 Å². The first-order chi connectivity index (χ1) is 10.7. The molecule has 2 rings (SSSR count). The third-order valence-corrected chi connectivity index (χ3v) is 4.52. The van der Waals surface area contributed by atoms with Gasteiger partial charge >= 0.3 is 6.03 Å². The molecule has 2 aromatic rings. The Kier molecular flexibility index (Phi) is 5.03. The Labute approximate surface area is 140 Å². The molecule has 2 amide bonds. The van der Waals surface area contributed by atoms with Gasteiger partial charge in [0.2, 0.25) is 0 Å². The maximum absolute atomic E-state index is 12.1. The molecule has 0 aromatic carbocycles. The molecule has 8 heteroatoms. The average Bonchev–Trinajstić information content (AvgIpc) is 3.05. The summed E-state index contributed by atoms with van der Waals surface area (Å²) in [6.45, 7) is 10.2. The molecule has 0 aliphatic carbocycles. The van der Waals surface area contributed by atoms with Crippen LogP contribution < -0.4 is 10.6 Å². The number of rotatable bonds is 4. The first-order valence-electron chi connectivity index (χ1n) is 7.55. The first-order valence-corrected chi connectivity index (χ1v) is 8.43. The maximum atomic E-state index is 12.1. The zero-order chi connectivity index (χ0) is 17.2. The van der Waals surface area contributed by atoms with Crippen molar-refractivity contribution < 1.29 is 4.79 Å². The van der Waals surface area contributed by atoms with Gasteiger partial charge in [0, 0.05) is 17.8 Å². The SMILES string of the molecule is C[C@@H](NC(=O)N[C@H](C)c1nncn1C)c1nc(C(C)(C)C)cs1. The smallest absolute Gasteiger partial charge is 0.315 e. The van der Waals surface area contributed by atoms with Crippen LogP contribution in [0, 0.1) is 0 Å². The predicted molar refractivity (Wildman–Crippen MR) is 90.3 cm³/mol. The number of amides is 2. The number of nitrogens with one attached hydrogen (secondary N) is 2. The highest BCUT2D eigenvalue weighted by Gasteiger charge is 2.21. The molecule has 7 nitrogen and oxygen atoms in total. The van der Waals surface area contributed by atoms with E-state index in [0.29, 0.717) is 5.82 Å². The van der Waals surface area contributed by atoms with Crippen LogP contribution in [0.4, 0.5) is 4.79 Å². The van der Waals surface area contributed by atoms with Gasteiger partial charge in [-0.3, -0.25) is 0 Å². The van der Waals surface area contributed by atoms with Crippen molar-refractivity contribution in [2.75, 3.05) is 0 Å². The average molecular weight is 336 g/mol. The number of hydrogen-bond acceptors (Lipinski definition) is 5. The van der Waals surface area contributed by atoms with E-state index in [4.69, 9.17) is 0 Å². The number of hydrogen-bond donors (Lipinski definition) is 2. The van der Waals surface area contributed by atoms with Crippen LogP contribution in [0.25, 0.3) is 0 Å². The Morgan fingerprint density at radius 2 is 1.91 bits per heavy atom. The molecule has 0 unspecified atom stereocenters. The van der Waals surface area contributed by atoms with Crippen molar-refractivity contribution in [3.63, 3.8) is 0 Å². The minimum atomic E-state index is -0.250. The molecule has 0 bridgehead atoms. The summed E-state index contributed by atoms with van der Waals surface area (Å²) in [5.74, 6) is 0.706. The highest BCUT2D eigenvalue weighted by atomic mass is 32.1. The molecule has 2 atom stereocenters. The van der Waals surface area contributed by atoms with Crippen molar-refractivity contribution in [3.05, 3.63) is 28.2 Å². The third-order valence-electron chi connectivity index (χ3n) is 3.49. The van der Waals surface area contributed by atoms with E-state index < -0.39 is 0 Å². The van der Waals surface area contributed by atoms with Crippen molar-refractivity contribution in [2.45, 2.75) is 52.1 Å². The van der Waals surface area contributed by atoms with Crippen molar-refractivity contribution in [2.24, 2.45) is 7.05 Å². The summed E-state index contributed by atoms with van der Waals surface area (Å²) in [7, 11) is 1.84. The molecule has 0 saturated carbocycles. The number of aromatic nitrogens is 4. The minimum absolute atomic E-state index is 0.0104. The standard InChI is InChI=1S/C15H24N6OS/c1-9(12-20-16-8-21(12)6)17-14(22)18-10(2)13-19-11(7-23-13)15(3,4)5/h7-10H,1-6H3,(H2,17,18,22)/t9-,10-/m1/s1. The lowest BCUT2D eigenvalue weighted by atomic mass is 9.93. The van der Waals surface area contributed by atoms with E-state index in [0.717, 1.165) is 10.7 Å². The van der Waals surface area contributed by atoms with E-state index in [-0.39, 0.29) is 23.5 Å². The molecule has 0 fully saturated rings. The van der Waals surface area contributed by atoms with Crippen LogP contribution in [0.3, 0.4) is 0 Å². The lowest BCUT2D eigenvalue weighted by Gasteiger charge is -2.17. The topological polar surface area (TPSA) is 84.7 Å². The van der Waals surface area contributed by atoms with Gasteiger partial charge in [-0.25, -0.2) is 9.78 Å². The number of urea groups is 1. The highest BCUT2D eigenvalue weighted by molar-refractivity contribution is 7.09. The number of carbonyl (C=O) groups excluding carboxylic acids is 1. The van der Waals surface area contributed by atoms with E-state index in [1.165, 1.54) is 0 Å². The summed E-state index contributed by atoms with van der Waals surface area (Å²) in [6.07, 6.45) is 1.61. The van der Waals surface area contributed by atoms with Crippen molar-refractivity contribution >= 4 is 17.4 Å². The Morgan fingerprint density at radius 1 is 1.26 bits per heavy atom. The maximum Gasteiger partial charge on any atom is 0.315 e. The van der Waals surface area contributed by atoms with Gasteiger partial charge < -0.3 is 15.2 Å². The lowest BCUT2D eigenvalue weighted by Crippen LogP contribution is -2.39. The molecule has 0 aliphatic rings. The van der Waals surface area contributed by atoms with E-state index in [9.17, 15) is 4.79 Å². The van der Waals surface area contributed by atoms with Gasteiger partial charge in [0.25, 0.3) is 0 Å². The van der Waals surface area contributed by atoms with Gasteiger partial charge in [-0.05, 0) is 13.8 Å². The van der Waals surface area contributed by atoms with E-state index in [1.807, 2.05) is 26.3 Å². The van der Waals surface area contributed by atoms with Crippen molar-refractivity contribution in [1.82, 2.24) is 30.4 Å². The number of carbonyl (C=O) groups is 1. The Bertz CT molecular complexity index is 672. The third kappa shape index (κ3) is 4.28. The van der Waals surface area contributed by atoms with Crippen molar-refractivity contribution in [1.29, 1.82) is 0 Å². The number of thiazole rings is 1. The zero-order valence-electron chi connectivity index (χ0n) is 14.4. The fraction of sp³-hybridized carbons (Fsp3) is 0.600. The summed E-state index contributed by atoms with van der Waals surface area (Å²) >= 11 is 1.57. The van der Waals surface area contributed by atoms with E-state index in [1.54, 1.807) is 22.2 Å². The summed E-state index contributed by atoms with van der Waals surface area (Å²) in [6, 6.07) is -0.626. The molecule has 126 valence electrons. The highest BCUT2D eigenvalue weighted by Crippen LogP contribution is 2.26. The summed E-state index contributed by atoms with van der Waals surface area (Å²) in [5.41, 5.74) is 1.05. The molecule has 0 aliphatic heterocycles. The summed E-state index contributed by atoms with van der Waals surface area (Å²) < 4.78 is 1.78. The van der Waals surface area contributed by atoms with Crippen LogP contribution in [0.15, 0.2) is 11.7 Å². The van der Waals surface area contributed by atoms with Gasteiger partial charge in [-0.1, -0.05) is 20.8 Å².